The van der Waals surface area contributed by atoms with Gasteiger partial charge in [0.2, 0.25) is 0 Å². The number of aromatic amines is 1. The van der Waals surface area contributed by atoms with Crippen molar-refractivity contribution in [2.45, 2.75) is 76.5 Å². The van der Waals surface area contributed by atoms with Crippen LogP contribution < -0.4 is 10.3 Å². The Kier molecular flexibility index (Phi) is 6.88. The number of carboxylic acids is 1. The highest BCUT2D eigenvalue weighted by molar-refractivity contribution is 5.87. The fourth-order valence-electron chi connectivity index (χ4n) is 5.29. The maximum atomic E-state index is 13.4. The van der Waals surface area contributed by atoms with E-state index in [0.717, 1.165) is 23.3 Å². The van der Waals surface area contributed by atoms with Crippen LogP contribution in [-0.2, 0) is 30.4 Å². The van der Waals surface area contributed by atoms with Crippen LogP contribution in [0.1, 0.15) is 66.4 Å². The number of ether oxygens (including phenoxy) is 2. The number of aromatic carboxylic acids is 1. The van der Waals surface area contributed by atoms with Crippen molar-refractivity contribution in [3.05, 3.63) is 62.6 Å². The van der Waals surface area contributed by atoms with Crippen molar-refractivity contribution in [1.29, 1.82) is 0 Å². The number of benzene rings is 1. The summed E-state index contributed by atoms with van der Waals surface area (Å²) in [5, 5.41) is 21.5. The summed E-state index contributed by atoms with van der Waals surface area (Å²) < 4.78 is 11.1. The molecule has 2 aromatic rings. The quantitative estimate of drug-likeness (QED) is 0.593. The van der Waals surface area contributed by atoms with Crippen LogP contribution in [0.15, 0.2) is 29.1 Å². The van der Waals surface area contributed by atoms with Crippen LogP contribution in [-0.4, -0.2) is 63.1 Å². The van der Waals surface area contributed by atoms with Gasteiger partial charge in [0.15, 0.2) is 0 Å². The fraction of sp³-hybridized carbons (Fsp3) is 0.519. The van der Waals surface area contributed by atoms with Gasteiger partial charge in [-0.2, -0.15) is 0 Å². The van der Waals surface area contributed by atoms with Crippen LogP contribution in [0.4, 0.5) is 4.79 Å². The molecule has 1 aliphatic heterocycles. The second kappa shape index (κ2) is 9.61. The summed E-state index contributed by atoms with van der Waals surface area (Å²) >= 11 is 0. The minimum atomic E-state index is -1.35. The molecule has 3 N–H and O–H groups in total. The number of nitrogens with zero attached hydrogens (tertiary/aromatic N) is 1. The second-order valence-electron chi connectivity index (χ2n) is 10.7. The molecule has 2 heterocycles. The SMILES string of the molecule is COc1ccc2c(c1)CCCN(C(=O)OC(C)(C)C)[C@@H]([C@@]1(O)CCc3[nH]c(=O)c(C(=O)O)cc3C1)C2. The van der Waals surface area contributed by atoms with Gasteiger partial charge in [0.1, 0.15) is 16.9 Å². The van der Waals surface area contributed by atoms with Crippen molar-refractivity contribution in [2.24, 2.45) is 0 Å². The molecule has 0 saturated heterocycles. The number of H-pyrrole nitrogens is 1. The van der Waals surface area contributed by atoms with Crippen molar-refractivity contribution in [3.8, 4) is 5.75 Å². The molecular weight excluding hydrogens is 464 g/mol. The van der Waals surface area contributed by atoms with E-state index in [9.17, 15) is 24.6 Å². The number of methoxy groups -OCH3 is 1. The number of pyridine rings is 1. The zero-order valence-corrected chi connectivity index (χ0v) is 21.2. The first-order valence-corrected chi connectivity index (χ1v) is 12.3. The van der Waals surface area contributed by atoms with E-state index in [-0.39, 0.29) is 12.0 Å². The lowest BCUT2D eigenvalue weighted by molar-refractivity contribution is -0.0655. The summed E-state index contributed by atoms with van der Waals surface area (Å²) in [6.07, 6.45) is 2.11. The molecular formula is C27H34N2O7. The van der Waals surface area contributed by atoms with Gasteiger partial charge in [-0.15, -0.1) is 0 Å². The first-order valence-electron chi connectivity index (χ1n) is 12.3. The minimum Gasteiger partial charge on any atom is -0.497 e. The standard InChI is InChI=1S/C27H34N2O7/c1-26(2,3)36-25(33)29-11-5-6-16-12-19(35-4)8-7-17(16)14-22(29)27(34)10-9-21-18(15-27)13-20(24(31)32)23(30)28-21/h7-8,12-13,22,34H,5-6,9-11,14-15H2,1-4H3,(H,28,30)(H,31,32)/t22-,27-/m1/s1. The number of aryl methyl sites for hydroxylation is 2. The third kappa shape index (κ3) is 5.26. The third-order valence-corrected chi connectivity index (χ3v) is 7.05. The second-order valence-corrected chi connectivity index (χ2v) is 10.7. The lowest BCUT2D eigenvalue weighted by atomic mass is 9.74. The molecule has 1 aromatic heterocycles. The van der Waals surface area contributed by atoms with Gasteiger partial charge in [-0.05, 0) is 87.8 Å². The number of carboxylic acid groups (broad SMARTS) is 1. The number of fused-ring (bicyclic) bond motifs is 2. The minimum absolute atomic E-state index is 0.106. The number of rotatable bonds is 3. The van der Waals surface area contributed by atoms with Crippen molar-refractivity contribution in [2.75, 3.05) is 13.7 Å². The van der Waals surface area contributed by atoms with Crippen LogP contribution in [0.3, 0.4) is 0 Å². The van der Waals surface area contributed by atoms with E-state index in [4.69, 9.17) is 9.47 Å². The first kappa shape index (κ1) is 25.8. The Bertz CT molecular complexity index is 1230. The molecule has 1 amide bonds. The molecule has 2 atom stereocenters. The Hall–Kier alpha value is -3.33. The Morgan fingerprint density at radius 2 is 1.89 bits per heavy atom. The zero-order valence-electron chi connectivity index (χ0n) is 21.2. The molecule has 9 heteroatoms. The summed E-state index contributed by atoms with van der Waals surface area (Å²) in [7, 11) is 1.62. The molecule has 36 heavy (non-hydrogen) atoms. The lowest BCUT2D eigenvalue weighted by Gasteiger charge is -2.46. The van der Waals surface area contributed by atoms with E-state index >= 15 is 0 Å². The summed E-state index contributed by atoms with van der Waals surface area (Å²) in [5.74, 6) is -0.567. The van der Waals surface area contributed by atoms with Crippen LogP contribution in [0.25, 0.3) is 0 Å². The first-order chi connectivity index (χ1) is 16.9. The number of amides is 1. The summed E-state index contributed by atoms with van der Waals surface area (Å²) in [5.41, 5.74) is 0.241. The Balaban J connectivity index is 1.76. The van der Waals surface area contributed by atoms with Gasteiger partial charge in [-0.25, -0.2) is 9.59 Å². The van der Waals surface area contributed by atoms with Crippen LogP contribution in [0.5, 0.6) is 5.75 Å². The molecule has 0 unspecified atom stereocenters. The molecule has 0 saturated carbocycles. The fourth-order valence-corrected chi connectivity index (χ4v) is 5.29. The maximum Gasteiger partial charge on any atom is 0.410 e. The zero-order chi connectivity index (χ0) is 26.3. The van der Waals surface area contributed by atoms with E-state index in [2.05, 4.69) is 4.98 Å². The highest BCUT2D eigenvalue weighted by Gasteiger charge is 2.46. The number of aliphatic hydroxyl groups is 1. The van der Waals surface area contributed by atoms with Crippen molar-refractivity contribution >= 4 is 12.1 Å². The molecule has 0 fully saturated rings. The van der Waals surface area contributed by atoms with Gasteiger partial charge in [-0.1, -0.05) is 6.07 Å². The van der Waals surface area contributed by atoms with Crippen LogP contribution in [0, 0.1) is 0 Å². The van der Waals surface area contributed by atoms with Gasteiger partial charge in [0, 0.05) is 18.7 Å². The van der Waals surface area contributed by atoms with Crippen molar-refractivity contribution < 1.29 is 29.3 Å². The molecule has 1 aromatic carbocycles. The van der Waals surface area contributed by atoms with E-state index < -0.39 is 34.9 Å². The van der Waals surface area contributed by atoms with Gasteiger partial charge < -0.3 is 29.6 Å². The smallest absolute Gasteiger partial charge is 0.410 e. The molecule has 2 aliphatic rings. The highest BCUT2D eigenvalue weighted by atomic mass is 16.6. The predicted octanol–water partition coefficient (Wildman–Crippen LogP) is 3.10. The average molecular weight is 499 g/mol. The van der Waals surface area contributed by atoms with Crippen molar-refractivity contribution in [1.82, 2.24) is 9.88 Å². The molecule has 0 radical (unpaired) electrons. The summed E-state index contributed by atoms with van der Waals surface area (Å²) in [6, 6.07) is 6.58. The molecule has 4 rings (SSSR count). The topological polar surface area (TPSA) is 129 Å². The van der Waals surface area contributed by atoms with Gasteiger partial charge in [0.05, 0.1) is 18.8 Å². The van der Waals surface area contributed by atoms with E-state index in [1.54, 1.807) is 32.8 Å². The number of carbonyl (C=O) groups excluding carboxylic acids is 1. The number of hydrogen-bond acceptors (Lipinski definition) is 6. The number of hydrogen-bond donors (Lipinski definition) is 3. The van der Waals surface area contributed by atoms with E-state index in [1.807, 2.05) is 18.2 Å². The molecule has 1 aliphatic carbocycles. The number of nitrogens with one attached hydrogen (secondary N) is 1. The number of aromatic nitrogens is 1. The Morgan fingerprint density at radius 1 is 1.14 bits per heavy atom. The Labute approximate surface area is 210 Å². The van der Waals surface area contributed by atoms with Gasteiger partial charge in [0.25, 0.3) is 5.56 Å². The Morgan fingerprint density at radius 3 is 2.56 bits per heavy atom. The lowest BCUT2D eigenvalue weighted by Crippen LogP contribution is -2.59. The molecule has 194 valence electrons. The molecule has 9 nitrogen and oxygen atoms in total. The highest BCUT2D eigenvalue weighted by Crippen LogP contribution is 2.37. The average Bonchev–Trinajstić information content (AvgIpc) is 2.77. The third-order valence-electron chi connectivity index (χ3n) is 7.05. The van der Waals surface area contributed by atoms with E-state index in [1.165, 1.54) is 6.07 Å². The number of carbonyl (C=O) groups is 2. The normalized spacial score (nSPS) is 22.0. The van der Waals surface area contributed by atoms with E-state index in [0.29, 0.717) is 43.5 Å². The predicted molar refractivity (Wildman–Crippen MR) is 133 cm³/mol. The molecule has 0 bridgehead atoms. The van der Waals surface area contributed by atoms with Crippen LogP contribution in [0.2, 0.25) is 0 Å². The summed E-state index contributed by atoms with van der Waals surface area (Å²) in [4.78, 5) is 41.4. The summed E-state index contributed by atoms with van der Waals surface area (Å²) in [6.45, 7) is 5.82. The molecule has 0 spiro atoms. The van der Waals surface area contributed by atoms with Crippen molar-refractivity contribution in [3.63, 3.8) is 0 Å². The van der Waals surface area contributed by atoms with Crippen LogP contribution >= 0.6 is 0 Å². The van der Waals surface area contributed by atoms with Gasteiger partial charge in [-0.3, -0.25) is 4.79 Å². The maximum absolute atomic E-state index is 13.4. The monoisotopic (exact) mass is 498 g/mol. The van der Waals surface area contributed by atoms with Gasteiger partial charge >= 0.3 is 12.1 Å². The largest absolute Gasteiger partial charge is 0.497 e.